The van der Waals surface area contributed by atoms with E-state index in [0.29, 0.717) is 12.8 Å². The number of ketones is 1. The molecule has 0 spiro atoms. The number of carbonyl (C=O) groups is 1. The SMILES string of the molecule is C[Si]1(c2ccccc2)CCCC(=O)Cc2cccc(F)c21. The van der Waals surface area contributed by atoms with E-state index in [1.54, 1.807) is 12.1 Å². The Bertz CT molecular complexity index is 668. The molecule has 21 heavy (non-hydrogen) atoms. The first kappa shape index (κ1) is 14.2. The van der Waals surface area contributed by atoms with E-state index in [-0.39, 0.29) is 11.6 Å². The minimum atomic E-state index is -2.12. The van der Waals surface area contributed by atoms with Crippen LogP contribution in [0.3, 0.4) is 0 Å². The van der Waals surface area contributed by atoms with Crippen molar-refractivity contribution in [3.8, 4) is 0 Å². The Hall–Kier alpha value is -1.74. The van der Waals surface area contributed by atoms with Gasteiger partial charge in [0.05, 0.1) is 0 Å². The van der Waals surface area contributed by atoms with Crippen molar-refractivity contribution in [2.45, 2.75) is 31.9 Å². The fourth-order valence-electron chi connectivity index (χ4n) is 3.49. The molecule has 0 saturated carbocycles. The summed E-state index contributed by atoms with van der Waals surface area (Å²) >= 11 is 0. The van der Waals surface area contributed by atoms with Crippen LogP contribution in [0.15, 0.2) is 48.5 Å². The van der Waals surface area contributed by atoms with Crippen LogP contribution in [0.5, 0.6) is 0 Å². The second kappa shape index (κ2) is 5.56. The van der Waals surface area contributed by atoms with Crippen molar-refractivity contribution >= 4 is 24.2 Å². The minimum Gasteiger partial charge on any atom is -0.299 e. The first-order chi connectivity index (χ1) is 10.1. The number of hydrogen-bond acceptors (Lipinski definition) is 1. The van der Waals surface area contributed by atoms with E-state index in [9.17, 15) is 9.18 Å². The summed E-state index contributed by atoms with van der Waals surface area (Å²) in [4.78, 5) is 12.0. The third-order valence-corrected chi connectivity index (χ3v) is 9.21. The van der Waals surface area contributed by atoms with E-state index in [0.717, 1.165) is 23.2 Å². The van der Waals surface area contributed by atoms with Gasteiger partial charge >= 0.3 is 0 Å². The van der Waals surface area contributed by atoms with Crippen LogP contribution in [0.25, 0.3) is 0 Å². The predicted octanol–water partition coefficient (Wildman–Crippen LogP) is 2.92. The summed E-state index contributed by atoms with van der Waals surface area (Å²) in [5, 5.41) is 2.09. The number of halogens is 1. The van der Waals surface area contributed by atoms with Crippen LogP contribution in [-0.4, -0.2) is 13.9 Å². The van der Waals surface area contributed by atoms with Gasteiger partial charge in [0.25, 0.3) is 0 Å². The monoisotopic (exact) mass is 298 g/mol. The zero-order chi connectivity index (χ0) is 14.9. The highest BCUT2D eigenvalue weighted by Crippen LogP contribution is 2.22. The Morgan fingerprint density at radius 1 is 1.05 bits per heavy atom. The lowest BCUT2D eigenvalue weighted by molar-refractivity contribution is -0.118. The summed E-state index contributed by atoms with van der Waals surface area (Å²) in [6.07, 6.45) is 1.86. The molecule has 0 aliphatic carbocycles. The Kier molecular flexibility index (Phi) is 3.76. The number of hydrogen-bond donors (Lipinski definition) is 0. The van der Waals surface area contributed by atoms with Gasteiger partial charge in [0.2, 0.25) is 0 Å². The Morgan fingerprint density at radius 2 is 1.81 bits per heavy atom. The van der Waals surface area contributed by atoms with Crippen molar-refractivity contribution in [2.75, 3.05) is 0 Å². The van der Waals surface area contributed by atoms with E-state index in [2.05, 4.69) is 18.7 Å². The number of Topliss-reactive ketones (excluding diaryl/α,β-unsaturated/α-hetero) is 1. The van der Waals surface area contributed by atoms with Crippen molar-refractivity contribution in [3.05, 3.63) is 59.9 Å². The molecule has 0 radical (unpaired) electrons. The third kappa shape index (κ3) is 2.58. The van der Waals surface area contributed by atoms with Crippen molar-refractivity contribution in [1.82, 2.24) is 0 Å². The molecule has 3 heteroatoms. The number of carbonyl (C=O) groups excluding carboxylic acids is 1. The van der Waals surface area contributed by atoms with Crippen molar-refractivity contribution < 1.29 is 9.18 Å². The summed E-state index contributed by atoms with van der Waals surface area (Å²) in [5.74, 6) is 0.0891. The second-order valence-corrected chi connectivity index (χ2v) is 10.3. The van der Waals surface area contributed by atoms with Gasteiger partial charge in [0.1, 0.15) is 19.7 Å². The number of rotatable bonds is 1. The van der Waals surface area contributed by atoms with E-state index in [1.807, 2.05) is 24.3 Å². The average Bonchev–Trinajstić information content (AvgIpc) is 2.46. The molecule has 3 rings (SSSR count). The summed E-state index contributed by atoms with van der Waals surface area (Å²) in [6.45, 7) is 2.24. The van der Waals surface area contributed by atoms with Gasteiger partial charge in [-0.2, -0.15) is 0 Å². The molecule has 0 N–H and O–H groups in total. The lowest BCUT2D eigenvalue weighted by Gasteiger charge is -2.32. The molecule has 2 aromatic carbocycles. The summed E-state index contributed by atoms with van der Waals surface area (Å²) in [7, 11) is -2.12. The van der Waals surface area contributed by atoms with Gasteiger partial charge in [-0.3, -0.25) is 4.79 Å². The first-order valence-corrected chi connectivity index (χ1v) is 10.2. The summed E-state index contributed by atoms with van der Waals surface area (Å²) in [6, 6.07) is 16.4. The van der Waals surface area contributed by atoms with Gasteiger partial charge in [0.15, 0.2) is 0 Å². The Morgan fingerprint density at radius 3 is 2.57 bits per heavy atom. The second-order valence-electron chi connectivity index (χ2n) is 6.04. The van der Waals surface area contributed by atoms with E-state index >= 15 is 0 Å². The molecule has 1 heterocycles. The van der Waals surface area contributed by atoms with Crippen LogP contribution in [0.1, 0.15) is 18.4 Å². The maximum Gasteiger partial charge on any atom is 0.137 e. The molecule has 0 bridgehead atoms. The van der Waals surface area contributed by atoms with Crippen LogP contribution in [0.4, 0.5) is 4.39 Å². The molecule has 0 fully saturated rings. The maximum atomic E-state index is 14.6. The smallest absolute Gasteiger partial charge is 0.137 e. The minimum absolute atomic E-state index is 0.139. The van der Waals surface area contributed by atoms with E-state index < -0.39 is 8.07 Å². The molecule has 1 aliphatic heterocycles. The normalized spacial score (nSPS) is 22.3. The number of benzene rings is 2. The molecule has 0 aromatic heterocycles. The van der Waals surface area contributed by atoms with Crippen molar-refractivity contribution in [3.63, 3.8) is 0 Å². The predicted molar refractivity (Wildman–Crippen MR) is 86.5 cm³/mol. The molecule has 0 amide bonds. The molecule has 1 unspecified atom stereocenters. The van der Waals surface area contributed by atoms with Crippen LogP contribution < -0.4 is 10.4 Å². The molecular formula is C18H19FOSi. The average molecular weight is 298 g/mol. The fraction of sp³-hybridized carbons (Fsp3) is 0.278. The highest BCUT2D eigenvalue weighted by atomic mass is 28.3. The lowest BCUT2D eigenvalue weighted by atomic mass is 10.1. The zero-order valence-electron chi connectivity index (χ0n) is 12.2. The van der Waals surface area contributed by atoms with Crippen molar-refractivity contribution in [1.29, 1.82) is 0 Å². The van der Waals surface area contributed by atoms with Crippen LogP contribution in [-0.2, 0) is 11.2 Å². The Balaban J connectivity index is 2.22. The molecule has 0 saturated heterocycles. The van der Waals surface area contributed by atoms with Gasteiger partial charge in [0, 0.05) is 12.8 Å². The molecule has 108 valence electrons. The van der Waals surface area contributed by atoms with Gasteiger partial charge in [-0.1, -0.05) is 54.2 Å². The van der Waals surface area contributed by atoms with Crippen LogP contribution in [0.2, 0.25) is 12.6 Å². The van der Waals surface area contributed by atoms with E-state index in [1.165, 1.54) is 5.19 Å². The molecule has 2 aromatic rings. The molecule has 1 atom stereocenters. The lowest BCUT2D eigenvalue weighted by Crippen LogP contribution is -2.58. The standard InChI is InChI=1S/C18H19FOSi/c1-21(16-9-3-2-4-10-16)12-6-8-15(20)13-14-7-5-11-17(19)18(14)21/h2-5,7,9-11H,6,8,12-13H2,1H3. The maximum absolute atomic E-state index is 14.6. The highest BCUT2D eigenvalue weighted by molar-refractivity contribution is 7.01. The quantitative estimate of drug-likeness (QED) is 0.740. The fourth-order valence-corrected chi connectivity index (χ4v) is 7.62. The third-order valence-electron chi connectivity index (χ3n) is 4.58. The molecule has 1 aliphatic rings. The first-order valence-electron chi connectivity index (χ1n) is 7.46. The topological polar surface area (TPSA) is 17.1 Å². The van der Waals surface area contributed by atoms with Crippen LogP contribution >= 0.6 is 0 Å². The van der Waals surface area contributed by atoms with Crippen molar-refractivity contribution in [2.24, 2.45) is 0 Å². The number of fused-ring (bicyclic) bond motifs is 1. The summed E-state index contributed by atoms with van der Waals surface area (Å²) in [5.41, 5.74) is 0.901. The largest absolute Gasteiger partial charge is 0.299 e. The van der Waals surface area contributed by atoms with Gasteiger partial charge in [-0.25, -0.2) is 4.39 Å². The van der Waals surface area contributed by atoms with Gasteiger partial charge in [-0.05, 0) is 29.3 Å². The van der Waals surface area contributed by atoms with Gasteiger partial charge < -0.3 is 0 Å². The zero-order valence-corrected chi connectivity index (χ0v) is 13.2. The molecule has 1 nitrogen and oxygen atoms in total. The van der Waals surface area contributed by atoms with Crippen LogP contribution in [0, 0.1) is 5.82 Å². The highest BCUT2D eigenvalue weighted by Gasteiger charge is 2.37. The van der Waals surface area contributed by atoms with Gasteiger partial charge in [-0.15, -0.1) is 0 Å². The van der Waals surface area contributed by atoms with E-state index in [4.69, 9.17) is 0 Å². The Labute approximate surface area is 125 Å². The summed E-state index contributed by atoms with van der Waals surface area (Å²) < 4.78 is 14.6. The molecular weight excluding hydrogens is 279 g/mol.